The first kappa shape index (κ1) is 14.4. The van der Waals surface area contributed by atoms with E-state index in [9.17, 15) is 13.9 Å². The predicted octanol–water partition coefficient (Wildman–Crippen LogP) is 3.63. The Hall–Kier alpha value is -0.520. The third-order valence-electron chi connectivity index (χ3n) is 4.96. The van der Waals surface area contributed by atoms with Crippen LogP contribution in [0.3, 0.4) is 0 Å². The molecule has 0 amide bonds. The number of aliphatic hydroxyl groups excluding tert-OH is 1. The summed E-state index contributed by atoms with van der Waals surface area (Å²) in [5.74, 6) is -1.41. The molecule has 0 aliphatic carbocycles. The zero-order chi connectivity index (χ0) is 14.4. The molecule has 2 fully saturated rings. The first-order valence-electron chi connectivity index (χ1n) is 7.02. The van der Waals surface area contributed by atoms with Gasteiger partial charge in [-0.1, -0.05) is 0 Å². The van der Waals surface area contributed by atoms with Gasteiger partial charge in [-0.3, -0.25) is 0 Å². The molecule has 1 aromatic carbocycles. The Labute approximate surface area is 125 Å². The normalized spacial score (nSPS) is 31.6. The van der Waals surface area contributed by atoms with Crippen LogP contribution in [-0.2, 0) is 0 Å². The molecule has 0 spiro atoms. The molecular weight excluding hydrogens is 328 g/mol. The molecule has 1 aromatic rings. The van der Waals surface area contributed by atoms with Crippen LogP contribution >= 0.6 is 15.9 Å². The summed E-state index contributed by atoms with van der Waals surface area (Å²) in [6, 6.07) is 3.41. The van der Waals surface area contributed by atoms with Gasteiger partial charge >= 0.3 is 0 Å². The molecule has 3 rings (SSSR count). The second-order valence-electron chi connectivity index (χ2n) is 5.98. The van der Waals surface area contributed by atoms with Crippen molar-refractivity contribution in [1.82, 2.24) is 4.90 Å². The molecule has 0 aromatic heterocycles. The van der Waals surface area contributed by atoms with Crippen LogP contribution in [0.5, 0.6) is 0 Å². The van der Waals surface area contributed by atoms with Gasteiger partial charge < -0.3 is 10.0 Å². The van der Waals surface area contributed by atoms with Crippen LogP contribution in [0.1, 0.15) is 37.4 Å². The Balaban J connectivity index is 1.87. The molecular formula is C15H18BrF2NO. The fraction of sp³-hybridized carbons (Fsp3) is 0.600. The van der Waals surface area contributed by atoms with Gasteiger partial charge in [0.15, 0.2) is 0 Å². The number of hydrogen-bond donors (Lipinski definition) is 1. The summed E-state index contributed by atoms with van der Waals surface area (Å²) < 4.78 is 28.2. The number of fused-ring (bicyclic) bond motifs is 2. The van der Waals surface area contributed by atoms with Crippen molar-refractivity contribution in [2.75, 3.05) is 7.05 Å². The maximum Gasteiger partial charge on any atom is 0.146 e. The van der Waals surface area contributed by atoms with E-state index in [2.05, 4.69) is 27.9 Å². The van der Waals surface area contributed by atoms with E-state index in [1.807, 2.05) is 0 Å². The Morgan fingerprint density at radius 2 is 1.85 bits per heavy atom. The molecule has 2 bridgehead atoms. The fourth-order valence-corrected chi connectivity index (χ4v) is 4.11. The first-order chi connectivity index (χ1) is 9.49. The molecule has 3 unspecified atom stereocenters. The van der Waals surface area contributed by atoms with Gasteiger partial charge in [0.05, 0.1) is 16.1 Å². The first-order valence-corrected chi connectivity index (χ1v) is 7.81. The van der Waals surface area contributed by atoms with Crippen molar-refractivity contribution in [2.24, 2.45) is 5.92 Å². The lowest BCUT2D eigenvalue weighted by molar-refractivity contribution is 0.0315. The maximum absolute atomic E-state index is 14.1. The Bertz CT molecular complexity index is 511. The van der Waals surface area contributed by atoms with Gasteiger partial charge in [-0.05, 0) is 66.7 Å². The molecule has 2 nitrogen and oxygen atoms in total. The second-order valence-corrected chi connectivity index (χ2v) is 6.84. The zero-order valence-corrected chi connectivity index (χ0v) is 12.9. The van der Waals surface area contributed by atoms with Crippen LogP contribution in [0.2, 0.25) is 0 Å². The second kappa shape index (κ2) is 5.35. The highest BCUT2D eigenvalue weighted by atomic mass is 79.9. The van der Waals surface area contributed by atoms with Crippen molar-refractivity contribution >= 4 is 15.9 Å². The van der Waals surface area contributed by atoms with E-state index in [1.165, 1.54) is 12.1 Å². The number of hydrogen-bond acceptors (Lipinski definition) is 2. The zero-order valence-electron chi connectivity index (χ0n) is 11.3. The third-order valence-corrected chi connectivity index (χ3v) is 5.57. The SMILES string of the molecule is CN1C2CCC1CC(C(O)c1c(F)ccc(Br)c1F)C2. The summed E-state index contributed by atoms with van der Waals surface area (Å²) in [5.41, 5.74) is -0.187. The number of rotatable bonds is 2. The third kappa shape index (κ3) is 2.30. The van der Waals surface area contributed by atoms with E-state index in [1.54, 1.807) is 0 Å². The minimum Gasteiger partial charge on any atom is -0.388 e. The van der Waals surface area contributed by atoms with Crippen molar-refractivity contribution < 1.29 is 13.9 Å². The van der Waals surface area contributed by atoms with E-state index in [4.69, 9.17) is 0 Å². The van der Waals surface area contributed by atoms with E-state index < -0.39 is 17.7 Å². The highest BCUT2D eigenvalue weighted by Crippen LogP contribution is 2.43. The summed E-state index contributed by atoms with van der Waals surface area (Å²) in [4.78, 5) is 2.34. The smallest absolute Gasteiger partial charge is 0.146 e. The van der Waals surface area contributed by atoms with Crippen LogP contribution in [0, 0.1) is 17.6 Å². The summed E-state index contributed by atoms with van der Waals surface area (Å²) in [6.07, 6.45) is 2.78. The lowest BCUT2D eigenvalue weighted by atomic mass is 9.83. The summed E-state index contributed by atoms with van der Waals surface area (Å²) in [5, 5.41) is 10.5. The highest BCUT2D eigenvalue weighted by Gasteiger charge is 2.42. The topological polar surface area (TPSA) is 23.5 Å². The molecule has 2 aliphatic rings. The van der Waals surface area contributed by atoms with Gasteiger partial charge in [-0.15, -0.1) is 0 Å². The van der Waals surface area contributed by atoms with Crippen LogP contribution in [-0.4, -0.2) is 29.1 Å². The van der Waals surface area contributed by atoms with Gasteiger partial charge in [0.1, 0.15) is 11.6 Å². The quantitative estimate of drug-likeness (QED) is 0.827. The standard InChI is InChI=1S/C15H18BrF2NO/c1-19-9-2-3-10(19)7-8(6-9)15(20)13-12(17)5-4-11(16)14(13)18/h4-5,8-10,15,20H,2-3,6-7H2,1H3. The van der Waals surface area contributed by atoms with Crippen LogP contribution < -0.4 is 0 Å². The molecule has 5 heteroatoms. The Morgan fingerprint density at radius 1 is 1.25 bits per heavy atom. The van der Waals surface area contributed by atoms with Crippen LogP contribution in [0.15, 0.2) is 16.6 Å². The minimum atomic E-state index is -1.07. The molecule has 3 atom stereocenters. The molecule has 110 valence electrons. The molecule has 1 N–H and O–H groups in total. The average molecular weight is 346 g/mol. The molecule has 0 radical (unpaired) electrons. The Morgan fingerprint density at radius 3 is 2.45 bits per heavy atom. The van der Waals surface area contributed by atoms with Gasteiger partial charge in [-0.25, -0.2) is 8.78 Å². The summed E-state index contributed by atoms with van der Waals surface area (Å²) >= 11 is 3.06. The fourth-order valence-electron chi connectivity index (χ4n) is 3.76. The van der Waals surface area contributed by atoms with Crippen LogP contribution in [0.4, 0.5) is 8.78 Å². The van der Waals surface area contributed by atoms with Gasteiger partial charge in [-0.2, -0.15) is 0 Å². The van der Waals surface area contributed by atoms with Crippen molar-refractivity contribution in [3.05, 3.63) is 33.8 Å². The predicted molar refractivity (Wildman–Crippen MR) is 76.3 cm³/mol. The van der Waals surface area contributed by atoms with Gasteiger partial charge in [0.25, 0.3) is 0 Å². The van der Waals surface area contributed by atoms with E-state index >= 15 is 0 Å². The van der Waals surface area contributed by atoms with Gasteiger partial charge in [0, 0.05) is 12.1 Å². The average Bonchev–Trinajstić information content (AvgIpc) is 2.66. The van der Waals surface area contributed by atoms with Crippen molar-refractivity contribution in [2.45, 2.75) is 43.9 Å². The number of aliphatic hydroxyl groups is 1. The number of benzene rings is 1. The monoisotopic (exact) mass is 345 g/mol. The summed E-state index contributed by atoms with van der Waals surface area (Å²) in [7, 11) is 2.10. The van der Waals surface area contributed by atoms with Gasteiger partial charge in [0.2, 0.25) is 0 Å². The molecule has 2 aliphatic heterocycles. The molecule has 2 saturated heterocycles. The number of nitrogens with zero attached hydrogens (tertiary/aromatic N) is 1. The Kier molecular flexibility index (Phi) is 3.86. The van der Waals surface area contributed by atoms with E-state index in [-0.39, 0.29) is 16.0 Å². The van der Waals surface area contributed by atoms with E-state index in [0.717, 1.165) is 25.7 Å². The molecule has 2 heterocycles. The highest BCUT2D eigenvalue weighted by molar-refractivity contribution is 9.10. The maximum atomic E-state index is 14.1. The van der Waals surface area contributed by atoms with Crippen molar-refractivity contribution in [3.8, 4) is 0 Å². The van der Waals surface area contributed by atoms with E-state index in [0.29, 0.717) is 12.1 Å². The molecule has 0 saturated carbocycles. The minimum absolute atomic E-state index is 0.0676. The lowest BCUT2D eigenvalue weighted by Crippen LogP contribution is -2.41. The van der Waals surface area contributed by atoms with Crippen molar-refractivity contribution in [3.63, 3.8) is 0 Å². The molecule has 20 heavy (non-hydrogen) atoms. The number of piperidine rings is 1. The lowest BCUT2D eigenvalue weighted by Gasteiger charge is -2.38. The van der Waals surface area contributed by atoms with Crippen molar-refractivity contribution in [1.29, 1.82) is 0 Å². The number of halogens is 3. The van der Waals surface area contributed by atoms with Crippen LogP contribution in [0.25, 0.3) is 0 Å². The summed E-state index contributed by atoms with van der Waals surface area (Å²) in [6.45, 7) is 0. The largest absolute Gasteiger partial charge is 0.388 e.